The van der Waals surface area contributed by atoms with Crippen molar-refractivity contribution in [3.8, 4) is 5.75 Å². The third kappa shape index (κ3) is 14.0. The van der Waals surface area contributed by atoms with E-state index in [1.807, 2.05) is 0 Å². The molecular weight excluding hydrogens is 523 g/mol. The molecule has 0 N–H and O–H groups in total. The highest BCUT2D eigenvalue weighted by molar-refractivity contribution is 5.72. The van der Waals surface area contributed by atoms with Gasteiger partial charge in [-0.15, -0.1) is 0 Å². The fourth-order valence-corrected chi connectivity index (χ4v) is 2.92. The predicted molar refractivity (Wildman–Crippen MR) is 124 cm³/mol. The Bertz CT molecular complexity index is 811. The molecule has 218 valence electrons. The molecule has 0 spiro atoms. The van der Waals surface area contributed by atoms with Gasteiger partial charge in [-0.1, -0.05) is 32.6 Å². The van der Waals surface area contributed by atoms with Gasteiger partial charge in [0.1, 0.15) is 6.61 Å². The van der Waals surface area contributed by atoms with Crippen LogP contribution in [0.15, 0.2) is 0 Å². The molecule has 0 aliphatic heterocycles. The molecule has 13 heteroatoms. The van der Waals surface area contributed by atoms with Crippen molar-refractivity contribution in [1.29, 1.82) is 0 Å². The van der Waals surface area contributed by atoms with Crippen LogP contribution in [0.2, 0.25) is 0 Å². The van der Waals surface area contributed by atoms with Crippen molar-refractivity contribution >= 4 is 11.9 Å². The summed E-state index contributed by atoms with van der Waals surface area (Å²) in [6.45, 7) is 3.86. The number of carbonyl (C=O) groups is 2. The van der Waals surface area contributed by atoms with Crippen LogP contribution in [0, 0.1) is 29.1 Å². The van der Waals surface area contributed by atoms with Crippen LogP contribution >= 0.6 is 0 Å². The molecule has 0 heterocycles. The molecule has 0 aromatic heterocycles. The summed E-state index contributed by atoms with van der Waals surface area (Å²) in [5, 5.41) is 0. The summed E-state index contributed by atoms with van der Waals surface area (Å²) in [5.74, 6) is -14.3. The molecule has 0 atom stereocenters. The molecule has 1 aromatic rings. The topological polar surface area (TPSA) is 89.5 Å². The van der Waals surface area contributed by atoms with E-state index < -0.39 is 47.2 Å². The minimum atomic E-state index is -2.35. The van der Waals surface area contributed by atoms with Crippen molar-refractivity contribution in [1.82, 2.24) is 0 Å². The third-order valence-corrected chi connectivity index (χ3v) is 4.93. The van der Waals surface area contributed by atoms with E-state index in [2.05, 4.69) is 11.7 Å². The summed E-state index contributed by atoms with van der Waals surface area (Å²) in [4.78, 5) is 23.1. The highest BCUT2D eigenvalue weighted by atomic mass is 19.2. The second kappa shape index (κ2) is 20.6. The summed E-state index contributed by atoms with van der Waals surface area (Å²) in [5.41, 5.74) is 0. The lowest BCUT2D eigenvalue weighted by atomic mass is 10.1. The maximum absolute atomic E-state index is 13.5. The van der Waals surface area contributed by atoms with Gasteiger partial charge in [-0.2, -0.15) is 8.78 Å². The van der Waals surface area contributed by atoms with E-state index in [1.165, 1.54) is 6.42 Å². The fourth-order valence-electron chi connectivity index (χ4n) is 2.92. The molecule has 0 aliphatic rings. The van der Waals surface area contributed by atoms with Gasteiger partial charge in [-0.25, -0.2) is 13.2 Å². The average molecular weight is 559 g/mol. The number of esters is 2. The van der Waals surface area contributed by atoms with Crippen LogP contribution in [-0.2, 0) is 33.3 Å². The maximum Gasteiger partial charge on any atom is 0.313 e. The lowest BCUT2D eigenvalue weighted by molar-refractivity contribution is -0.145. The number of benzene rings is 1. The summed E-state index contributed by atoms with van der Waals surface area (Å²) < 4.78 is 96.4. The van der Waals surface area contributed by atoms with E-state index in [-0.39, 0.29) is 45.6 Å². The standard InChI is InChI=1S/C25H35F5O8/c1-2-3-4-5-6-7-18(31)37-17-16-36-15-14-35-13-12-34-11-10-33-9-8-19(32)38-25-23(29)21(27)20(26)22(28)24(25)30/h2-17H2,1H3. The van der Waals surface area contributed by atoms with Crippen molar-refractivity contribution in [2.45, 2.75) is 51.9 Å². The van der Waals surface area contributed by atoms with E-state index in [0.717, 1.165) is 25.7 Å². The van der Waals surface area contributed by atoms with Gasteiger partial charge >= 0.3 is 11.9 Å². The molecule has 8 nitrogen and oxygen atoms in total. The molecule has 1 aromatic carbocycles. The number of rotatable bonds is 22. The fraction of sp³-hybridized carbons (Fsp3) is 0.680. The Labute approximate surface area is 218 Å². The summed E-state index contributed by atoms with van der Waals surface area (Å²) >= 11 is 0. The Morgan fingerprint density at radius 3 is 1.50 bits per heavy atom. The normalized spacial score (nSPS) is 11.1. The first-order valence-electron chi connectivity index (χ1n) is 12.5. The van der Waals surface area contributed by atoms with Crippen LogP contribution < -0.4 is 4.74 Å². The van der Waals surface area contributed by atoms with Crippen molar-refractivity contribution in [2.75, 3.05) is 59.5 Å². The monoisotopic (exact) mass is 558 g/mol. The van der Waals surface area contributed by atoms with Gasteiger partial charge in [-0.05, 0) is 6.42 Å². The van der Waals surface area contributed by atoms with Gasteiger partial charge in [0.25, 0.3) is 0 Å². The van der Waals surface area contributed by atoms with Crippen molar-refractivity contribution in [3.63, 3.8) is 0 Å². The van der Waals surface area contributed by atoms with E-state index in [4.69, 9.17) is 23.7 Å². The van der Waals surface area contributed by atoms with Crippen LogP contribution in [0.3, 0.4) is 0 Å². The Morgan fingerprint density at radius 2 is 0.974 bits per heavy atom. The van der Waals surface area contributed by atoms with Gasteiger partial charge in [0.05, 0.1) is 59.3 Å². The second-order valence-electron chi connectivity index (χ2n) is 7.96. The first-order chi connectivity index (χ1) is 18.3. The molecule has 0 radical (unpaired) electrons. The number of hydrogen-bond acceptors (Lipinski definition) is 8. The largest absolute Gasteiger partial charge is 0.463 e. The Morgan fingerprint density at radius 1 is 0.526 bits per heavy atom. The lowest BCUT2D eigenvalue weighted by Gasteiger charge is -2.09. The SMILES string of the molecule is CCCCCCCC(=O)OCCOCCOCCOCCOCCC(=O)Oc1c(F)c(F)c(F)c(F)c1F. The molecule has 38 heavy (non-hydrogen) atoms. The van der Waals surface area contributed by atoms with Crippen LogP contribution in [0.25, 0.3) is 0 Å². The molecule has 0 aliphatic carbocycles. The van der Waals surface area contributed by atoms with Crippen LogP contribution in [0.4, 0.5) is 22.0 Å². The zero-order chi connectivity index (χ0) is 28.2. The lowest BCUT2D eigenvalue weighted by Crippen LogP contribution is -2.16. The first-order valence-corrected chi connectivity index (χ1v) is 12.5. The summed E-state index contributed by atoms with van der Waals surface area (Å²) in [7, 11) is 0. The zero-order valence-electron chi connectivity index (χ0n) is 21.5. The second-order valence-corrected chi connectivity index (χ2v) is 7.96. The molecule has 0 fully saturated rings. The number of ether oxygens (including phenoxy) is 6. The van der Waals surface area contributed by atoms with Crippen molar-refractivity contribution in [3.05, 3.63) is 29.1 Å². The quantitative estimate of drug-likeness (QED) is 0.0508. The van der Waals surface area contributed by atoms with Crippen LogP contribution in [0.5, 0.6) is 5.75 Å². The molecular formula is C25H35F5O8. The average Bonchev–Trinajstić information content (AvgIpc) is 2.90. The zero-order valence-corrected chi connectivity index (χ0v) is 21.5. The Kier molecular flexibility index (Phi) is 18.3. The van der Waals surface area contributed by atoms with Gasteiger partial charge in [0.15, 0.2) is 0 Å². The minimum absolute atomic E-state index is 0.0797. The van der Waals surface area contributed by atoms with Gasteiger partial charge in [0.2, 0.25) is 34.8 Å². The van der Waals surface area contributed by atoms with E-state index in [0.29, 0.717) is 26.2 Å². The number of hydrogen-bond donors (Lipinski definition) is 0. The number of halogens is 5. The van der Waals surface area contributed by atoms with E-state index >= 15 is 0 Å². The van der Waals surface area contributed by atoms with Crippen LogP contribution in [0.1, 0.15) is 51.9 Å². The molecule has 0 unspecified atom stereocenters. The molecule has 0 saturated carbocycles. The third-order valence-electron chi connectivity index (χ3n) is 4.93. The van der Waals surface area contributed by atoms with Crippen molar-refractivity contribution in [2.24, 2.45) is 0 Å². The maximum atomic E-state index is 13.5. The van der Waals surface area contributed by atoms with E-state index in [1.54, 1.807) is 0 Å². The minimum Gasteiger partial charge on any atom is -0.463 e. The predicted octanol–water partition coefficient (Wildman–Crippen LogP) is 4.65. The molecule has 0 amide bonds. The van der Waals surface area contributed by atoms with Crippen molar-refractivity contribution < 1.29 is 60.0 Å². The highest BCUT2D eigenvalue weighted by Crippen LogP contribution is 2.29. The van der Waals surface area contributed by atoms with Crippen LogP contribution in [-0.4, -0.2) is 71.4 Å². The highest BCUT2D eigenvalue weighted by Gasteiger charge is 2.28. The Hall–Kier alpha value is -2.35. The van der Waals surface area contributed by atoms with Gasteiger partial charge in [-0.3, -0.25) is 9.59 Å². The summed E-state index contributed by atoms with van der Waals surface area (Å²) in [6.07, 6.45) is 5.29. The van der Waals surface area contributed by atoms with Gasteiger partial charge < -0.3 is 28.4 Å². The molecule has 0 bridgehead atoms. The summed E-state index contributed by atoms with van der Waals surface area (Å²) in [6, 6.07) is 0. The molecule has 1 rings (SSSR count). The molecule has 0 saturated heterocycles. The Balaban J connectivity index is 1.93. The smallest absolute Gasteiger partial charge is 0.313 e. The first kappa shape index (κ1) is 33.7. The van der Waals surface area contributed by atoms with E-state index in [9.17, 15) is 31.5 Å². The number of unbranched alkanes of at least 4 members (excludes halogenated alkanes) is 4. The number of carbonyl (C=O) groups excluding carboxylic acids is 2. The van der Waals surface area contributed by atoms with Gasteiger partial charge in [0, 0.05) is 6.42 Å².